The van der Waals surface area contributed by atoms with Gasteiger partial charge in [0, 0.05) is 18.5 Å². The van der Waals surface area contributed by atoms with Crippen molar-refractivity contribution in [1.82, 2.24) is 4.98 Å². The SMILES string of the molecule is CS(=O)(=O)c1cc(F)ccn1. The zero-order chi connectivity index (χ0) is 8.48. The van der Waals surface area contributed by atoms with E-state index in [4.69, 9.17) is 0 Å². The van der Waals surface area contributed by atoms with Crippen LogP contribution in [0.15, 0.2) is 23.4 Å². The average Bonchev–Trinajstić information content (AvgIpc) is 1.86. The predicted molar refractivity (Wildman–Crippen MR) is 37.3 cm³/mol. The van der Waals surface area contributed by atoms with Gasteiger partial charge in [0.25, 0.3) is 0 Å². The Labute approximate surface area is 63.8 Å². The summed E-state index contributed by atoms with van der Waals surface area (Å²) in [6.07, 6.45) is 2.10. The van der Waals surface area contributed by atoms with E-state index in [2.05, 4.69) is 4.98 Å². The fraction of sp³-hybridized carbons (Fsp3) is 0.167. The number of sulfone groups is 1. The summed E-state index contributed by atoms with van der Waals surface area (Å²) in [5.74, 6) is -0.597. The minimum atomic E-state index is -3.38. The zero-order valence-corrected chi connectivity index (χ0v) is 6.60. The maximum absolute atomic E-state index is 12.4. The molecule has 0 aliphatic rings. The molecule has 0 atom stereocenters. The van der Waals surface area contributed by atoms with E-state index < -0.39 is 15.7 Å². The fourth-order valence-electron chi connectivity index (χ4n) is 0.588. The summed E-state index contributed by atoms with van der Waals surface area (Å²) in [6, 6.07) is 1.98. The third kappa shape index (κ3) is 1.98. The van der Waals surface area contributed by atoms with E-state index in [1.807, 2.05) is 0 Å². The van der Waals surface area contributed by atoms with Crippen LogP contribution in [0.2, 0.25) is 0 Å². The Balaban J connectivity index is 3.28. The lowest BCUT2D eigenvalue weighted by Gasteiger charge is -1.94. The molecule has 0 unspecified atom stereocenters. The number of rotatable bonds is 1. The maximum atomic E-state index is 12.4. The predicted octanol–water partition coefficient (Wildman–Crippen LogP) is 0.624. The van der Waals surface area contributed by atoms with Crippen LogP contribution in [-0.4, -0.2) is 19.7 Å². The van der Waals surface area contributed by atoms with Crippen molar-refractivity contribution in [2.24, 2.45) is 0 Å². The minimum absolute atomic E-state index is 0.238. The molecule has 1 rings (SSSR count). The molecular formula is C6H6FNO2S. The highest BCUT2D eigenvalue weighted by Gasteiger charge is 2.08. The molecule has 0 radical (unpaired) electrons. The van der Waals surface area contributed by atoms with E-state index in [0.29, 0.717) is 0 Å². The quantitative estimate of drug-likeness (QED) is 0.628. The largest absolute Gasteiger partial charge is 0.245 e. The van der Waals surface area contributed by atoms with Crippen molar-refractivity contribution in [2.45, 2.75) is 5.03 Å². The van der Waals surface area contributed by atoms with Gasteiger partial charge in [0.2, 0.25) is 0 Å². The first-order chi connectivity index (χ1) is 5.00. The Morgan fingerprint density at radius 1 is 1.55 bits per heavy atom. The van der Waals surface area contributed by atoms with Crippen LogP contribution < -0.4 is 0 Å². The first-order valence-corrected chi connectivity index (χ1v) is 4.71. The second-order valence-corrected chi connectivity index (χ2v) is 4.05. The summed E-state index contributed by atoms with van der Waals surface area (Å²) in [7, 11) is -3.38. The van der Waals surface area contributed by atoms with Gasteiger partial charge in [-0.1, -0.05) is 0 Å². The highest BCUT2D eigenvalue weighted by molar-refractivity contribution is 7.90. The highest BCUT2D eigenvalue weighted by Crippen LogP contribution is 2.05. The van der Waals surface area contributed by atoms with Crippen LogP contribution in [0.25, 0.3) is 0 Å². The molecule has 0 saturated heterocycles. The number of hydrogen-bond acceptors (Lipinski definition) is 3. The second kappa shape index (κ2) is 2.58. The smallest absolute Gasteiger partial charge is 0.192 e. The van der Waals surface area contributed by atoms with Crippen LogP contribution in [0.5, 0.6) is 0 Å². The van der Waals surface area contributed by atoms with Crippen LogP contribution in [-0.2, 0) is 9.84 Å². The van der Waals surface area contributed by atoms with Gasteiger partial charge in [-0.25, -0.2) is 17.8 Å². The van der Waals surface area contributed by atoms with Crippen molar-refractivity contribution in [3.63, 3.8) is 0 Å². The molecule has 1 heterocycles. The van der Waals surface area contributed by atoms with Crippen LogP contribution in [0, 0.1) is 5.82 Å². The molecule has 60 valence electrons. The number of hydrogen-bond donors (Lipinski definition) is 0. The van der Waals surface area contributed by atoms with E-state index in [0.717, 1.165) is 24.6 Å². The third-order valence-electron chi connectivity index (χ3n) is 1.08. The first-order valence-electron chi connectivity index (χ1n) is 2.82. The first kappa shape index (κ1) is 8.13. The van der Waals surface area contributed by atoms with E-state index in [-0.39, 0.29) is 5.03 Å². The van der Waals surface area contributed by atoms with Crippen molar-refractivity contribution in [3.8, 4) is 0 Å². The summed E-state index contributed by atoms with van der Waals surface area (Å²) in [6.45, 7) is 0. The third-order valence-corrected chi connectivity index (χ3v) is 2.06. The highest BCUT2D eigenvalue weighted by atomic mass is 32.2. The van der Waals surface area contributed by atoms with Gasteiger partial charge in [0.05, 0.1) is 0 Å². The van der Waals surface area contributed by atoms with Gasteiger partial charge >= 0.3 is 0 Å². The van der Waals surface area contributed by atoms with Crippen molar-refractivity contribution in [2.75, 3.05) is 6.26 Å². The Morgan fingerprint density at radius 2 is 2.18 bits per heavy atom. The van der Waals surface area contributed by atoms with Gasteiger partial charge in [0.1, 0.15) is 5.82 Å². The molecule has 0 saturated carbocycles. The van der Waals surface area contributed by atoms with Gasteiger partial charge < -0.3 is 0 Å². The summed E-state index contributed by atoms with van der Waals surface area (Å²) in [5, 5.41) is -0.238. The normalized spacial score (nSPS) is 11.5. The summed E-state index contributed by atoms with van der Waals surface area (Å²) in [4.78, 5) is 3.48. The van der Waals surface area contributed by atoms with Gasteiger partial charge in [-0.2, -0.15) is 0 Å². The van der Waals surface area contributed by atoms with Gasteiger partial charge in [-0.3, -0.25) is 0 Å². The molecule has 0 bridgehead atoms. The molecule has 0 fully saturated rings. The summed E-state index contributed by atoms with van der Waals surface area (Å²) >= 11 is 0. The molecule has 3 nitrogen and oxygen atoms in total. The lowest BCUT2D eigenvalue weighted by Crippen LogP contribution is -2.00. The lowest BCUT2D eigenvalue weighted by molar-refractivity contribution is 0.589. The molecule has 0 N–H and O–H groups in total. The van der Waals surface area contributed by atoms with Gasteiger partial charge in [-0.15, -0.1) is 0 Å². The van der Waals surface area contributed by atoms with Crippen molar-refractivity contribution < 1.29 is 12.8 Å². The van der Waals surface area contributed by atoms with Crippen LogP contribution in [0.3, 0.4) is 0 Å². The van der Waals surface area contributed by atoms with Crippen molar-refractivity contribution in [3.05, 3.63) is 24.1 Å². The number of aromatic nitrogens is 1. The molecule has 11 heavy (non-hydrogen) atoms. The number of halogens is 1. The lowest BCUT2D eigenvalue weighted by atomic mass is 10.5. The molecule has 0 spiro atoms. The fourth-order valence-corrected chi connectivity index (χ4v) is 1.17. The summed E-state index contributed by atoms with van der Waals surface area (Å²) in [5.41, 5.74) is 0. The molecule has 0 aliphatic heterocycles. The van der Waals surface area contributed by atoms with Crippen LogP contribution in [0.1, 0.15) is 0 Å². The molecular weight excluding hydrogens is 169 g/mol. The standard InChI is InChI=1S/C6H6FNO2S/c1-11(9,10)6-4-5(7)2-3-8-6/h2-4H,1H3. The van der Waals surface area contributed by atoms with E-state index >= 15 is 0 Å². The molecule has 5 heteroatoms. The second-order valence-electron chi connectivity index (χ2n) is 2.08. The number of pyridine rings is 1. The van der Waals surface area contributed by atoms with E-state index in [1.165, 1.54) is 0 Å². The van der Waals surface area contributed by atoms with Crippen molar-refractivity contribution in [1.29, 1.82) is 0 Å². The zero-order valence-electron chi connectivity index (χ0n) is 5.78. The van der Waals surface area contributed by atoms with Crippen molar-refractivity contribution >= 4 is 9.84 Å². The maximum Gasteiger partial charge on any atom is 0.192 e. The number of nitrogens with zero attached hydrogens (tertiary/aromatic N) is 1. The topological polar surface area (TPSA) is 47.0 Å². The van der Waals surface area contributed by atoms with E-state index in [1.54, 1.807) is 0 Å². The Hall–Kier alpha value is -0.970. The molecule has 1 aromatic rings. The Morgan fingerprint density at radius 3 is 2.55 bits per heavy atom. The van der Waals surface area contributed by atoms with Gasteiger partial charge in [0.15, 0.2) is 14.9 Å². The molecule has 0 aliphatic carbocycles. The Bertz CT molecular complexity index is 361. The molecule has 0 amide bonds. The average molecular weight is 175 g/mol. The van der Waals surface area contributed by atoms with E-state index in [9.17, 15) is 12.8 Å². The molecule has 1 aromatic heterocycles. The Kier molecular flexibility index (Phi) is 1.90. The van der Waals surface area contributed by atoms with Crippen LogP contribution in [0.4, 0.5) is 4.39 Å². The molecule has 0 aromatic carbocycles. The monoisotopic (exact) mass is 175 g/mol. The van der Waals surface area contributed by atoms with Crippen LogP contribution >= 0.6 is 0 Å². The van der Waals surface area contributed by atoms with Gasteiger partial charge in [-0.05, 0) is 6.07 Å². The minimum Gasteiger partial charge on any atom is -0.245 e. The summed E-state index contributed by atoms with van der Waals surface area (Å²) < 4.78 is 33.9.